The van der Waals surface area contributed by atoms with Crippen molar-refractivity contribution in [2.75, 3.05) is 12.0 Å². The van der Waals surface area contributed by atoms with Crippen LogP contribution in [-0.2, 0) is 4.79 Å². The molecule has 1 heterocycles. The lowest BCUT2D eigenvalue weighted by Gasteiger charge is -2.12. The highest BCUT2D eigenvalue weighted by atomic mass is 35.5. The number of amides is 2. The van der Waals surface area contributed by atoms with Gasteiger partial charge in [-0.25, -0.2) is 4.90 Å². The van der Waals surface area contributed by atoms with Gasteiger partial charge in [-0.1, -0.05) is 42.0 Å². The number of carbonyl (C=O) groups excluding carboxylic acids is 2. The van der Waals surface area contributed by atoms with Crippen molar-refractivity contribution in [1.82, 2.24) is 0 Å². The second-order valence-corrected chi connectivity index (χ2v) is 6.58. The molecule has 4 nitrogen and oxygen atoms in total. The van der Waals surface area contributed by atoms with Gasteiger partial charge in [-0.05, 0) is 53.7 Å². The lowest BCUT2D eigenvalue weighted by molar-refractivity contribution is -0.113. The number of anilines is 1. The number of thioether (sulfide) groups is 1. The SMILES string of the molecule is COc1ccc(/C=C/C=C2/SC(=O)N(c3cccc(Cl)c3)C2=O)cc1. The van der Waals surface area contributed by atoms with E-state index in [9.17, 15) is 9.59 Å². The van der Waals surface area contributed by atoms with Crippen LogP contribution in [0.1, 0.15) is 5.56 Å². The van der Waals surface area contributed by atoms with Gasteiger partial charge in [0, 0.05) is 5.02 Å². The molecule has 0 atom stereocenters. The molecule has 0 unspecified atom stereocenters. The summed E-state index contributed by atoms with van der Waals surface area (Å²) in [4.78, 5) is 26.1. The summed E-state index contributed by atoms with van der Waals surface area (Å²) in [5.41, 5.74) is 1.43. The molecule has 1 aliphatic heterocycles. The first-order valence-corrected chi connectivity index (χ1v) is 8.62. The fraction of sp³-hybridized carbons (Fsp3) is 0.0526. The predicted octanol–water partition coefficient (Wildman–Crippen LogP) is 5.15. The zero-order valence-electron chi connectivity index (χ0n) is 13.3. The van der Waals surface area contributed by atoms with Gasteiger partial charge in [-0.15, -0.1) is 0 Å². The van der Waals surface area contributed by atoms with Gasteiger partial charge in [0.05, 0.1) is 17.7 Å². The van der Waals surface area contributed by atoms with Crippen LogP contribution in [0.25, 0.3) is 6.08 Å². The smallest absolute Gasteiger partial charge is 0.298 e. The first-order valence-electron chi connectivity index (χ1n) is 7.43. The van der Waals surface area contributed by atoms with Crippen molar-refractivity contribution in [1.29, 1.82) is 0 Å². The third-order valence-electron chi connectivity index (χ3n) is 3.51. The highest BCUT2D eigenvalue weighted by molar-refractivity contribution is 8.18. The summed E-state index contributed by atoms with van der Waals surface area (Å²) in [6.45, 7) is 0. The highest BCUT2D eigenvalue weighted by Gasteiger charge is 2.35. The Hall–Kier alpha value is -2.50. The van der Waals surface area contributed by atoms with Gasteiger partial charge in [0.2, 0.25) is 0 Å². The van der Waals surface area contributed by atoms with Crippen LogP contribution in [0.3, 0.4) is 0 Å². The van der Waals surface area contributed by atoms with Crippen LogP contribution in [0, 0.1) is 0 Å². The summed E-state index contributed by atoms with van der Waals surface area (Å²) in [5.74, 6) is 0.427. The van der Waals surface area contributed by atoms with E-state index in [1.807, 2.05) is 30.3 Å². The Labute approximate surface area is 154 Å². The van der Waals surface area contributed by atoms with Crippen molar-refractivity contribution in [3.63, 3.8) is 0 Å². The summed E-state index contributed by atoms with van der Waals surface area (Å²) in [6.07, 6.45) is 5.24. The van der Waals surface area contributed by atoms with Crippen LogP contribution in [-0.4, -0.2) is 18.3 Å². The molecule has 2 aromatic carbocycles. The zero-order chi connectivity index (χ0) is 17.8. The van der Waals surface area contributed by atoms with Gasteiger partial charge in [0.25, 0.3) is 11.1 Å². The van der Waals surface area contributed by atoms with Crippen LogP contribution in [0.2, 0.25) is 5.02 Å². The minimum absolute atomic E-state index is 0.337. The molecule has 0 radical (unpaired) electrons. The predicted molar refractivity (Wildman–Crippen MR) is 102 cm³/mol. The van der Waals surface area contributed by atoms with Crippen molar-refractivity contribution >= 4 is 46.3 Å². The van der Waals surface area contributed by atoms with Crippen LogP contribution in [0.5, 0.6) is 5.75 Å². The third kappa shape index (κ3) is 3.95. The molecular formula is C19H14ClNO3S. The van der Waals surface area contributed by atoms with Gasteiger partial charge < -0.3 is 4.74 Å². The normalized spacial score (nSPS) is 16.2. The number of methoxy groups -OCH3 is 1. The van der Waals surface area contributed by atoms with Crippen molar-refractivity contribution in [3.05, 3.63) is 76.2 Å². The van der Waals surface area contributed by atoms with E-state index in [4.69, 9.17) is 16.3 Å². The zero-order valence-corrected chi connectivity index (χ0v) is 14.9. The van der Waals surface area contributed by atoms with Crippen LogP contribution in [0.4, 0.5) is 10.5 Å². The van der Waals surface area contributed by atoms with Gasteiger partial charge in [-0.2, -0.15) is 0 Å². The average molecular weight is 372 g/mol. The van der Waals surface area contributed by atoms with Gasteiger partial charge >= 0.3 is 0 Å². The number of hydrogen-bond donors (Lipinski definition) is 0. The lowest BCUT2D eigenvalue weighted by Crippen LogP contribution is -2.27. The fourth-order valence-electron chi connectivity index (χ4n) is 2.28. The maximum absolute atomic E-state index is 12.5. The summed E-state index contributed by atoms with van der Waals surface area (Å²) < 4.78 is 5.11. The Morgan fingerprint density at radius 2 is 1.88 bits per heavy atom. The molecule has 0 aliphatic carbocycles. The molecule has 1 saturated heterocycles. The molecule has 0 N–H and O–H groups in total. The molecule has 25 heavy (non-hydrogen) atoms. The standard InChI is InChI=1S/C19H14ClNO3S/c1-24-16-10-8-13(9-11-16)4-2-7-17-18(22)21(19(23)25-17)15-6-3-5-14(20)12-15/h2-12H,1H3/b4-2+,17-7+. The van der Waals surface area contributed by atoms with E-state index < -0.39 is 0 Å². The molecule has 1 fully saturated rings. The molecule has 0 saturated carbocycles. The summed E-state index contributed by atoms with van der Waals surface area (Å²) >= 11 is 6.85. The van der Waals surface area contributed by atoms with Crippen molar-refractivity contribution in [3.8, 4) is 5.75 Å². The number of rotatable bonds is 4. The molecule has 0 bridgehead atoms. The second kappa shape index (κ2) is 7.59. The maximum Gasteiger partial charge on any atom is 0.298 e. The van der Waals surface area contributed by atoms with Gasteiger partial charge in [-0.3, -0.25) is 9.59 Å². The number of hydrogen-bond acceptors (Lipinski definition) is 4. The molecule has 1 aliphatic rings. The third-order valence-corrected chi connectivity index (χ3v) is 4.64. The summed E-state index contributed by atoms with van der Waals surface area (Å²) in [5, 5.41) is 0.135. The number of imide groups is 1. The van der Waals surface area contributed by atoms with Crippen molar-refractivity contribution in [2.45, 2.75) is 0 Å². The Morgan fingerprint density at radius 1 is 1.12 bits per heavy atom. The molecule has 6 heteroatoms. The minimum Gasteiger partial charge on any atom is -0.497 e. The maximum atomic E-state index is 12.5. The number of halogens is 1. The Morgan fingerprint density at radius 3 is 2.56 bits per heavy atom. The quantitative estimate of drug-likeness (QED) is 0.697. The number of benzene rings is 2. The van der Waals surface area contributed by atoms with Gasteiger partial charge in [0.1, 0.15) is 5.75 Å². The highest BCUT2D eigenvalue weighted by Crippen LogP contribution is 2.35. The van der Waals surface area contributed by atoms with E-state index in [1.54, 1.807) is 43.5 Å². The van der Waals surface area contributed by atoms with Crippen LogP contribution < -0.4 is 9.64 Å². The number of allylic oxidation sites excluding steroid dienone is 2. The summed E-state index contributed by atoms with van der Waals surface area (Å²) in [7, 11) is 1.61. The van der Waals surface area contributed by atoms with E-state index in [-0.39, 0.29) is 11.1 Å². The van der Waals surface area contributed by atoms with E-state index in [2.05, 4.69) is 0 Å². The molecule has 0 spiro atoms. The van der Waals surface area contributed by atoms with Crippen LogP contribution in [0.15, 0.2) is 65.6 Å². The molecule has 2 amide bonds. The molecule has 3 rings (SSSR count). The van der Waals surface area contributed by atoms with Gasteiger partial charge in [0.15, 0.2) is 0 Å². The number of nitrogens with zero attached hydrogens (tertiary/aromatic N) is 1. The largest absolute Gasteiger partial charge is 0.497 e. The molecule has 126 valence electrons. The molecular weight excluding hydrogens is 358 g/mol. The topological polar surface area (TPSA) is 46.6 Å². The van der Waals surface area contributed by atoms with E-state index >= 15 is 0 Å². The monoisotopic (exact) mass is 371 g/mol. The Kier molecular flexibility index (Phi) is 5.26. The van der Waals surface area contributed by atoms with E-state index in [0.29, 0.717) is 15.6 Å². The van der Waals surface area contributed by atoms with Crippen LogP contribution >= 0.6 is 23.4 Å². The Bertz CT molecular complexity index is 874. The fourth-order valence-corrected chi connectivity index (χ4v) is 3.26. The molecule has 2 aromatic rings. The van der Waals surface area contributed by atoms with Crippen molar-refractivity contribution < 1.29 is 14.3 Å². The first-order chi connectivity index (χ1) is 12.1. The lowest BCUT2D eigenvalue weighted by atomic mass is 10.2. The minimum atomic E-state index is -0.350. The second-order valence-electron chi connectivity index (χ2n) is 5.15. The van der Waals surface area contributed by atoms with Crippen molar-refractivity contribution in [2.24, 2.45) is 0 Å². The Balaban J connectivity index is 1.76. The number of carbonyl (C=O) groups is 2. The van der Waals surface area contributed by atoms with E-state index in [0.717, 1.165) is 28.0 Å². The van der Waals surface area contributed by atoms with E-state index in [1.165, 1.54) is 0 Å². The average Bonchev–Trinajstić information content (AvgIpc) is 2.89. The summed E-state index contributed by atoms with van der Waals surface area (Å²) in [6, 6.07) is 14.2. The number of ether oxygens (including phenoxy) is 1. The first kappa shape index (κ1) is 17.3. The molecule has 0 aromatic heterocycles.